The topological polar surface area (TPSA) is 42.0 Å². The van der Waals surface area contributed by atoms with Gasteiger partial charge in [0.2, 0.25) is 0 Å². The van der Waals surface area contributed by atoms with Crippen molar-refractivity contribution in [3.05, 3.63) is 54.9 Å². The Morgan fingerprint density at radius 1 is 1.19 bits per heavy atom. The van der Waals surface area contributed by atoms with Gasteiger partial charge in [-0.2, -0.15) is 0 Å². The number of thiazole rings is 1. The van der Waals surface area contributed by atoms with Crippen LogP contribution >= 0.6 is 54.5 Å². The highest BCUT2D eigenvalue weighted by Crippen LogP contribution is 2.28. The summed E-state index contributed by atoms with van der Waals surface area (Å²) in [7, 11) is 0. The van der Waals surface area contributed by atoms with Crippen LogP contribution in [-0.4, -0.2) is 10.9 Å². The van der Waals surface area contributed by atoms with E-state index in [0.29, 0.717) is 10.0 Å². The van der Waals surface area contributed by atoms with E-state index in [2.05, 4.69) is 42.2 Å². The van der Waals surface area contributed by atoms with Gasteiger partial charge in [-0.15, -0.1) is 22.7 Å². The van der Waals surface area contributed by atoms with Crippen LogP contribution in [0.25, 0.3) is 11.3 Å². The van der Waals surface area contributed by atoms with Crippen molar-refractivity contribution < 1.29 is 4.79 Å². The highest BCUT2D eigenvalue weighted by molar-refractivity contribution is 9.10. The zero-order valence-corrected chi connectivity index (χ0v) is 15.3. The summed E-state index contributed by atoms with van der Waals surface area (Å²) in [6.45, 7) is 0. The molecule has 3 rings (SSSR count). The first kappa shape index (κ1) is 14.9. The first-order chi connectivity index (χ1) is 10.1. The van der Waals surface area contributed by atoms with E-state index in [1.54, 1.807) is 0 Å². The highest BCUT2D eigenvalue weighted by Gasteiger charge is 2.14. The van der Waals surface area contributed by atoms with Gasteiger partial charge in [0.15, 0.2) is 5.13 Å². The van der Waals surface area contributed by atoms with Crippen LogP contribution in [0.15, 0.2) is 50.0 Å². The maximum Gasteiger partial charge on any atom is 0.268 e. The van der Waals surface area contributed by atoms with E-state index in [1.165, 1.54) is 22.7 Å². The molecule has 3 nitrogen and oxygen atoms in total. The Morgan fingerprint density at radius 2 is 2.05 bits per heavy atom. The van der Waals surface area contributed by atoms with E-state index in [0.717, 1.165) is 20.2 Å². The van der Waals surface area contributed by atoms with Crippen molar-refractivity contribution in [1.29, 1.82) is 0 Å². The Balaban J connectivity index is 1.80. The second kappa shape index (κ2) is 6.39. The number of hydrogen-bond acceptors (Lipinski definition) is 4. The van der Waals surface area contributed by atoms with Crippen molar-refractivity contribution in [2.75, 3.05) is 5.32 Å². The van der Waals surface area contributed by atoms with Gasteiger partial charge >= 0.3 is 0 Å². The third kappa shape index (κ3) is 3.42. The number of thiophene rings is 1. The predicted octanol–water partition coefficient (Wildman–Crippen LogP) is 5.65. The van der Waals surface area contributed by atoms with Crippen LogP contribution < -0.4 is 5.32 Å². The summed E-state index contributed by atoms with van der Waals surface area (Å²) in [6.07, 6.45) is 0. The van der Waals surface area contributed by atoms with Crippen LogP contribution in [0.3, 0.4) is 0 Å². The molecule has 0 unspecified atom stereocenters. The fourth-order valence-corrected chi connectivity index (χ4v) is 4.28. The van der Waals surface area contributed by atoms with E-state index in [1.807, 2.05) is 41.1 Å². The lowest BCUT2D eigenvalue weighted by atomic mass is 10.2. The smallest absolute Gasteiger partial charge is 0.268 e. The Kier molecular flexibility index (Phi) is 4.54. The lowest BCUT2D eigenvalue weighted by Crippen LogP contribution is -2.10. The van der Waals surface area contributed by atoms with Crippen molar-refractivity contribution in [3.8, 4) is 11.3 Å². The molecule has 2 aromatic heterocycles. The Hall–Kier alpha value is -1.02. The molecule has 0 spiro atoms. The summed E-state index contributed by atoms with van der Waals surface area (Å²) in [6, 6.07) is 9.76. The molecule has 2 heterocycles. The molecule has 0 aliphatic rings. The summed E-state index contributed by atoms with van der Waals surface area (Å²) in [5.41, 5.74) is 1.86. The van der Waals surface area contributed by atoms with Crippen LogP contribution in [0.2, 0.25) is 0 Å². The number of benzene rings is 1. The van der Waals surface area contributed by atoms with E-state index in [9.17, 15) is 4.79 Å². The molecular formula is C14H8Br2N2OS2. The number of nitrogens with zero attached hydrogens (tertiary/aromatic N) is 1. The largest absolute Gasteiger partial charge is 0.297 e. The van der Waals surface area contributed by atoms with Gasteiger partial charge in [0.1, 0.15) is 4.88 Å². The molecule has 3 aromatic rings. The number of hydrogen-bond donors (Lipinski definition) is 1. The van der Waals surface area contributed by atoms with Crippen molar-refractivity contribution in [1.82, 2.24) is 4.98 Å². The number of carbonyl (C=O) groups excluding carboxylic acids is 1. The highest BCUT2D eigenvalue weighted by atomic mass is 79.9. The minimum absolute atomic E-state index is 0.146. The molecule has 0 radical (unpaired) electrons. The molecule has 1 N–H and O–H groups in total. The number of halogens is 2. The van der Waals surface area contributed by atoms with Crippen molar-refractivity contribution >= 4 is 65.6 Å². The van der Waals surface area contributed by atoms with E-state index in [4.69, 9.17) is 0 Å². The van der Waals surface area contributed by atoms with E-state index in [-0.39, 0.29) is 5.91 Å². The Labute approximate surface area is 146 Å². The molecule has 0 aliphatic heterocycles. The molecule has 106 valence electrons. The summed E-state index contributed by atoms with van der Waals surface area (Å²) in [5, 5.41) is 7.22. The van der Waals surface area contributed by atoms with Gasteiger partial charge in [-0.1, -0.05) is 28.1 Å². The first-order valence-electron chi connectivity index (χ1n) is 5.89. The average Bonchev–Trinajstić information content (AvgIpc) is 3.08. The van der Waals surface area contributed by atoms with Crippen molar-refractivity contribution in [2.24, 2.45) is 0 Å². The molecule has 0 bridgehead atoms. The van der Waals surface area contributed by atoms with Crippen LogP contribution in [0.5, 0.6) is 0 Å². The van der Waals surface area contributed by atoms with Crippen molar-refractivity contribution in [3.63, 3.8) is 0 Å². The maximum absolute atomic E-state index is 12.1. The fourth-order valence-electron chi connectivity index (χ4n) is 1.72. The molecule has 0 aliphatic carbocycles. The van der Waals surface area contributed by atoms with Gasteiger partial charge in [-0.25, -0.2) is 4.98 Å². The van der Waals surface area contributed by atoms with Gasteiger partial charge in [0.25, 0.3) is 5.91 Å². The standard InChI is InChI=1S/C14H8Br2N2OS2/c15-9-3-1-2-8(6-9)11-7-21-14(17-11)18-13(19)12-10(16)4-5-20-12/h1-7H,(H,17,18,19). The fraction of sp³-hybridized carbons (Fsp3) is 0. The van der Waals surface area contributed by atoms with Crippen LogP contribution in [0.1, 0.15) is 9.67 Å². The number of nitrogens with one attached hydrogen (secondary N) is 1. The lowest BCUT2D eigenvalue weighted by molar-refractivity contribution is 0.103. The predicted molar refractivity (Wildman–Crippen MR) is 95.2 cm³/mol. The minimum atomic E-state index is -0.146. The minimum Gasteiger partial charge on any atom is -0.297 e. The summed E-state index contributed by atoms with van der Waals surface area (Å²) < 4.78 is 1.80. The Bertz CT molecular complexity index is 798. The molecular weight excluding hydrogens is 436 g/mol. The third-order valence-electron chi connectivity index (χ3n) is 2.67. The number of carbonyl (C=O) groups is 1. The van der Waals surface area contributed by atoms with Gasteiger partial charge in [-0.3, -0.25) is 10.1 Å². The molecule has 0 fully saturated rings. The summed E-state index contributed by atoms with van der Waals surface area (Å²) >= 11 is 9.61. The van der Waals surface area contributed by atoms with Crippen molar-refractivity contribution in [2.45, 2.75) is 0 Å². The SMILES string of the molecule is O=C(Nc1nc(-c2cccc(Br)c2)cs1)c1sccc1Br. The first-order valence-corrected chi connectivity index (χ1v) is 9.24. The molecule has 21 heavy (non-hydrogen) atoms. The normalized spacial score (nSPS) is 10.6. The zero-order valence-electron chi connectivity index (χ0n) is 10.5. The second-order valence-corrected chi connectivity index (χ2v) is 7.64. The maximum atomic E-state index is 12.1. The van der Waals surface area contributed by atoms with E-state index < -0.39 is 0 Å². The zero-order chi connectivity index (χ0) is 14.8. The third-order valence-corrected chi connectivity index (χ3v) is 5.76. The molecule has 7 heteroatoms. The number of anilines is 1. The summed E-state index contributed by atoms with van der Waals surface area (Å²) in [5.74, 6) is -0.146. The van der Waals surface area contributed by atoms with Crippen LogP contribution in [0.4, 0.5) is 5.13 Å². The van der Waals surface area contributed by atoms with Gasteiger partial charge in [-0.05, 0) is 39.5 Å². The molecule has 0 atom stereocenters. The second-order valence-electron chi connectivity index (χ2n) is 4.10. The number of rotatable bonds is 3. The number of aromatic nitrogens is 1. The van der Waals surface area contributed by atoms with Gasteiger partial charge < -0.3 is 0 Å². The molecule has 1 aromatic carbocycles. The van der Waals surface area contributed by atoms with Crippen LogP contribution in [0, 0.1) is 0 Å². The monoisotopic (exact) mass is 442 g/mol. The summed E-state index contributed by atoms with van der Waals surface area (Å²) in [4.78, 5) is 17.2. The molecule has 0 saturated heterocycles. The van der Waals surface area contributed by atoms with E-state index >= 15 is 0 Å². The van der Waals surface area contributed by atoms with Crippen LogP contribution in [-0.2, 0) is 0 Å². The lowest BCUT2D eigenvalue weighted by Gasteiger charge is -2.00. The van der Waals surface area contributed by atoms with Gasteiger partial charge in [0.05, 0.1) is 5.69 Å². The molecule has 0 saturated carbocycles. The number of amides is 1. The molecule has 1 amide bonds. The average molecular weight is 444 g/mol. The quantitative estimate of drug-likeness (QED) is 0.568. The Morgan fingerprint density at radius 3 is 2.76 bits per heavy atom. The van der Waals surface area contributed by atoms with Gasteiger partial charge in [0, 0.05) is 19.9 Å².